The highest BCUT2D eigenvalue weighted by molar-refractivity contribution is 5.83. The first-order valence-corrected chi connectivity index (χ1v) is 10.6. The number of aliphatic hydroxyl groups is 1. The van der Waals surface area contributed by atoms with Crippen molar-refractivity contribution in [1.82, 2.24) is 15.6 Å². The summed E-state index contributed by atoms with van der Waals surface area (Å²) in [6.45, 7) is 6.06. The van der Waals surface area contributed by atoms with Gasteiger partial charge in [0.2, 0.25) is 0 Å². The molecule has 6 nitrogen and oxygen atoms in total. The maximum Gasteiger partial charge on any atom is 0.191 e. The van der Waals surface area contributed by atoms with Gasteiger partial charge in [-0.15, -0.1) is 0 Å². The van der Waals surface area contributed by atoms with Gasteiger partial charge in [-0.05, 0) is 37.5 Å². The molecule has 2 aromatic carbocycles. The smallest absolute Gasteiger partial charge is 0.191 e. The summed E-state index contributed by atoms with van der Waals surface area (Å²) < 4.78 is 5.79. The minimum absolute atomic E-state index is 0.0626. The van der Waals surface area contributed by atoms with E-state index in [1.165, 1.54) is 10.9 Å². The fraction of sp³-hybridized carbons (Fsp3) is 0.375. The summed E-state index contributed by atoms with van der Waals surface area (Å²) in [5, 5.41) is 18.1. The lowest BCUT2D eigenvalue weighted by Gasteiger charge is -2.16. The quantitative estimate of drug-likeness (QED) is 0.306. The number of H-pyrrole nitrogens is 1. The van der Waals surface area contributed by atoms with Crippen molar-refractivity contribution in [3.63, 3.8) is 0 Å². The van der Waals surface area contributed by atoms with Gasteiger partial charge < -0.3 is 25.5 Å². The van der Waals surface area contributed by atoms with Crippen LogP contribution < -0.4 is 10.6 Å². The summed E-state index contributed by atoms with van der Waals surface area (Å²) in [6, 6.07) is 18.3. The Balaban J connectivity index is 1.45. The van der Waals surface area contributed by atoms with Crippen molar-refractivity contribution in [2.45, 2.75) is 32.5 Å². The van der Waals surface area contributed by atoms with Crippen LogP contribution in [0, 0.1) is 0 Å². The van der Waals surface area contributed by atoms with Crippen molar-refractivity contribution in [2.24, 2.45) is 4.99 Å². The van der Waals surface area contributed by atoms with Gasteiger partial charge in [0.15, 0.2) is 5.96 Å². The van der Waals surface area contributed by atoms with E-state index in [4.69, 9.17) is 4.74 Å². The Bertz CT molecular complexity index is 923. The lowest BCUT2D eigenvalue weighted by Crippen LogP contribution is -2.39. The molecule has 2 unspecified atom stereocenters. The molecule has 0 bridgehead atoms. The van der Waals surface area contributed by atoms with Crippen molar-refractivity contribution in [1.29, 1.82) is 0 Å². The summed E-state index contributed by atoms with van der Waals surface area (Å²) in [5.74, 6) is 0.701. The second-order valence-corrected chi connectivity index (χ2v) is 7.30. The van der Waals surface area contributed by atoms with Crippen molar-refractivity contribution >= 4 is 16.9 Å². The highest BCUT2D eigenvalue weighted by atomic mass is 16.5. The number of aliphatic hydroxyl groups excluding tert-OH is 1. The third-order valence-corrected chi connectivity index (χ3v) is 4.97. The first-order valence-electron chi connectivity index (χ1n) is 10.6. The zero-order valence-electron chi connectivity index (χ0n) is 17.8. The second kappa shape index (κ2) is 11.4. The molecule has 30 heavy (non-hydrogen) atoms. The van der Waals surface area contributed by atoms with Gasteiger partial charge in [0.05, 0.1) is 25.4 Å². The van der Waals surface area contributed by atoms with E-state index in [-0.39, 0.29) is 19.3 Å². The molecule has 0 aliphatic heterocycles. The lowest BCUT2D eigenvalue weighted by atomic mass is 10.1. The van der Waals surface area contributed by atoms with Gasteiger partial charge in [-0.25, -0.2) is 0 Å². The van der Waals surface area contributed by atoms with Crippen LogP contribution in [0.2, 0.25) is 0 Å². The molecule has 6 heteroatoms. The molecule has 0 saturated heterocycles. The molecule has 0 fully saturated rings. The minimum Gasteiger partial charge on any atom is -0.389 e. The van der Waals surface area contributed by atoms with Crippen LogP contribution in [0.3, 0.4) is 0 Å². The van der Waals surface area contributed by atoms with Crippen molar-refractivity contribution in [3.05, 3.63) is 71.9 Å². The zero-order valence-corrected chi connectivity index (χ0v) is 17.8. The Morgan fingerprint density at radius 2 is 1.87 bits per heavy atom. The molecular weight excluding hydrogens is 376 g/mol. The largest absolute Gasteiger partial charge is 0.389 e. The molecule has 1 aromatic heterocycles. The standard InChI is InChI=1S/C24H32N4O2/c1-3-25-24(26-14-13-20-15-27-23-12-8-7-11-22(20)23)28-16-21(29)17-30-18(2)19-9-5-4-6-10-19/h4-12,15,18,21,27,29H,3,13-14,16-17H2,1-2H3,(H2,25,26,28). The van der Waals surface area contributed by atoms with Gasteiger partial charge in [0.25, 0.3) is 0 Å². The van der Waals surface area contributed by atoms with Crippen LogP contribution >= 0.6 is 0 Å². The summed E-state index contributed by atoms with van der Waals surface area (Å²) >= 11 is 0. The van der Waals surface area contributed by atoms with E-state index in [1.807, 2.05) is 50.2 Å². The van der Waals surface area contributed by atoms with Gasteiger partial charge >= 0.3 is 0 Å². The lowest BCUT2D eigenvalue weighted by molar-refractivity contribution is 0.00112. The van der Waals surface area contributed by atoms with Gasteiger partial charge in [0.1, 0.15) is 0 Å². The number of benzene rings is 2. The molecular formula is C24H32N4O2. The molecule has 0 radical (unpaired) electrons. The number of para-hydroxylation sites is 1. The Kier molecular flexibility index (Phi) is 8.30. The van der Waals surface area contributed by atoms with Crippen LogP contribution in [0.4, 0.5) is 0 Å². The molecule has 1 heterocycles. The Morgan fingerprint density at radius 3 is 2.67 bits per heavy atom. The van der Waals surface area contributed by atoms with Crippen LogP contribution in [0.5, 0.6) is 0 Å². The van der Waals surface area contributed by atoms with Gasteiger partial charge in [-0.2, -0.15) is 0 Å². The fourth-order valence-corrected chi connectivity index (χ4v) is 3.32. The van der Waals surface area contributed by atoms with Gasteiger partial charge in [-0.1, -0.05) is 48.5 Å². The van der Waals surface area contributed by atoms with E-state index in [1.54, 1.807) is 0 Å². The van der Waals surface area contributed by atoms with Crippen LogP contribution in [0.25, 0.3) is 10.9 Å². The zero-order chi connectivity index (χ0) is 21.2. The van der Waals surface area contributed by atoms with E-state index in [9.17, 15) is 5.11 Å². The predicted molar refractivity (Wildman–Crippen MR) is 123 cm³/mol. The molecule has 0 saturated carbocycles. The SMILES string of the molecule is CCNC(=NCC(O)COC(C)c1ccccc1)NCCc1c[nH]c2ccccc12. The molecule has 0 amide bonds. The van der Waals surface area contributed by atoms with Gasteiger partial charge in [-0.3, -0.25) is 4.99 Å². The van der Waals surface area contributed by atoms with E-state index < -0.39 is 6.10 Å². The van der Waals surface area contributed by atoms with E-state index in [0.29, 0.717) is 5.96 Å². The number of fused-ring (bicyclic) bond motifs is 1. The second-order valence-electron chi connectivity index (χ2n) is 7.30. The van der Waals surface area contributed by atoms with E-state index in [2.05, 4.69) is 45.0 Å². The third-order valence-electron chi connectivity index (χ3n) is 4.97. The van der Waals surface area contributed by atoms with Crippen LogP contribution in [0.15, 0.2) is 65.8 Å². The van der Waals surface area contributed by atoms with Crippen molar-refractivity contribution in [2.75, 3.05) is 26.2 Å². The maximum absolute atomic E-state index is 10.3. The summed E-state index contributed by atoms with van der Waals surface area (Å²) in [6.07, 6.45) is 2.23. The minimum atomic E-state index is -0.653. The number of hydrogen-bond acceptors (Lipinski definition) is 3. The van der Waals surface area contributed by atoms with E-state index >= 15 is 0 Å². The third kappa shape index (κ3) is 6.34. The number of ether oxygens (including phenoxy) is 1. The number of nitrogens with zero attached hydrogens (tertiary/aromatic N) is 1. The molecule has 0 aliphatic carbocycles. The fourth-order valence-electron chi connectivity index (χ4n) is 3.32. The molecule has 3 rings (SSSR count). The maximum atomic E-state index is 10.3. The highest BCUT2D eigenvalue weighted by Crippen LogP contribution is 2.18. The number of hydrogen-bond donors (Lipinski definition) is 4. The van der Waals surface area contributed by atoms with Crippen LogP contribution in [-0.2, 0) is 11.2 Å². The number of aromatic nitrogens is 1. The number of nitrogens with one attached hydrogen (secondary N) is 3. The average molecular weight is 409 g/mol. The van der Waals surface area contributed by atoms with Crippen molar-refractivity contribution in [3.8, 4) is 0 Å². The average Bonchev–Trinajstić information content (AvgIpc) is 3.19. The molecule has 0 spiro atoms. The molecule has 160 valence electrons. The molecule has 4 N–H and O–H groups in total. The monoisotopic (exact) mass is 408 g/mol. The van der Waals surface area contributed by atoms with Crippen molar-refractivity contribution < 1.29 is 9.84 Å². The predicted octanol–water partition coefficient (Wildman–Crippen LogP) is 3.40. The summed E-state index contributed by atoms with van der Waals surface area (Å²) in [4.78, 5) is 7.81. The van der Waals surface area contributed by atoms with E-state index in [0.717, 1.165) is 30.6 Å². The number of rotatable bonds is 10. The van der Waals surface area contributed by atoms with Crippen LogP contribution in [0.1, 0.15) is 31.1 Å². The molecule has 2 atom stereocenters. The highest BCUT2D eigenvalue weighted by Gasteiger charge is 2.10. The number of aromatic amines is 1. The first-order chi connectivity index (χ1) is 14.7. The van der Waals surface area contributed by atoms with Gasteiger partial charge in [0, 0.05) is 30.2 Å². The number of guanidine groups is 1. The molecule has 0 aliphatic rings. The Labute approximate surface area is 178 Å². The Morgan fingerprint density at radius 1 is 1.10 bits per heavy atom. The summed E-state index contributed by atoms with van der Waals surface area (Å²) in [5.41, 5.74) is 3.53. The first kappa shape index (κ1) is 21.9. The van der Waals surface area contributed by atoms with Crippen LogP contribution in [-0.4, -0.2) is 48.4 Å². The number of aliphatic imine (C=N–C) groups is 1. The summed E-state index contributed by atoms with van der Waals surface area (Å²) in [7, 11) is 0. The Hall–Kier alpha value is -2.83. The molecule has 3 aromatic rings. The normalized spacial score (nSPS) is 13.9. The topological polar surface area (TPSA) is 81.7 Å².